The summed E-state index contributed by atoms with van der Waals surface area (Å²) in [4.78, 5) is 37.0. The number of halogens is 2. The number of anilines is 1. The molecule has 170 valence electrons. The zero-order chi connectivity index (χ0) is 24.2. The maximum Gasteiger partial charge on any atom is 0.271 e. The number of nitrogens with one attached hydrogen (secondary N) is 3. The summed E-state index contributed by atoms with van der Waals surface area (Å²) in [6, 6.07) is 18.2. The Kier molecular flexibility index (Phi) is 7.41. The Morgan fingerprint density at radius 2 is 1.24 bits per heavy atom. The Hall–Kier alpha value is -3.35. The van der Waals surface area contributed by atoms with Gasteiger partial charge in [0.15, 0.2) is 0 Å². The number of rotatable bonds is 4. The van der Waals surface area contributed by atoms with Crippen LogP contribution >= 0.6 is 23.2 Å². The largest absolute Gasteiger partial charge is 0.322 e. The van der Waals surface area contributed by atoms with E-state index in [-0.39, 0.29) is 21.9 Å². The van der Waals surface area contributed by atoms with Crippen molar-refractivity contribution in [3.05, 3.63) is 99.0 Å². The third kappa shape index (κ3) is 6.34. The van der Waals surface area contributed by atoms with Gasteiger partial charge in [-0.25, -0.2) is 0 Å². The molecule has 0 aliphatic heterocycles. The zero-order valence-corrected chi connectivity index (χ0v) is 19.8. The van der Waals surface area contributed by atoms with Crippen LogP contribution < -0.4 is 16.2 Å². The van der Waals surface area contributed by atoms with Gasteiger partial charge in [-0.1, -0.05) is 56.1 Å². The van der Waals surface area contributed by atoms with Crippen LogP contribution in [0.15, 0.2) is 66.7 Å². The van der Waals surface area contributed by atoms with Gasteiger partial charge in [0.2, 0.25) is 0 Å². The lowest BCUT2D eigenvalue weighted by Gasteiger charge is -2.19. The monoisotopic (exact) mass is 483 g/mol. The molecule has 0 heterocycles. The number of hydrazine groups is 1. The normalized spacial score (nSPS) is 10.9. The molecule has 0 radical (unpaired) electrons. The number of carbonyl (C=O) groups excluding carboxylic acids is 3. The van der Waals surface area contributed by atoms with Crippen molar-refractivity contribution in [3.63, 3.8) is 0 Å². The van der Waals surface area contributed by atoms with Crippen LogP contribution in [0, 0.1) is 0 Å². The third-order valence-corrected chi connectivity index (χ3v) is 5.43. The lowest BCUT2D eigenvalue weighted by Crippen LogP contribution is -2.41. The lowest BCUT2D eigenvalue weighted by atomic mass is 9.87. The average molecular weight is 484 g/mol. The first-order chi connectivity index (χ1) is 15.5. The van der Waals surface area contributed by atoms with E-state index in [0.29, 0.717) is 21.8 Å². The van der Waals surface area contributed by atoms with Gasteiger partial charge >= 0.3 is 0 Å². The van der Waals surface area contributed by atoms with Crippen molar-refractivity contribution < 1.29 is 14.4 Å². The third-order valence-electron chi connectivity index (χ3n) is 4.88. The van der Waals surface area contributed by atoms with Crippen LogP contribution in [0.3, 0.4) is 0 Å². The molecular formula is C25H23Cl2N3O3. The van der Waals surface area contributed by atoms with Gasteiger partial charge in [-0.05, 0) is 65.6 Å². The molecule has 8 heteroatoms. The van der Waals surface area contributed by atoms with Gasteiger partial charge in [-0.2, -0.15) is 0 Å². The van der Waals surface area contributed by atoms with E-state index in [4.69, 9.17) is 23.2 Å². The second kappa shape index (κ2) is 10.1. The van der Waals surface area contributed by atoms with Gasteiger partial charge in [0.05, 0.1) is 10.6 Å². The predicted molar refractivity (Wildman–Crippen MR) is 131 cm³/mol. The van der Waals surface area contributed by atoms with E-state index in [9.17, 15) is 14.4 Å². The molecule has 0 unspecified atom stereocenters. The number of amides is 3. The second-order valence-corrected chi connectivity index (χ2v) is 9.23. The summed E-state index contributed by atoms with van der Waals surface area (Å²) in [6.45, 7) is 6.33. The minimum atomic E-state index is -0.577. The van der Waals surface area contributed by atoms with E-state index >= 15 is 0 Å². The Bertz CT molecular complexity index is 1190. The summed E-state index contributed by atoms with van der Waals surface area (Å²) in [6.07, 6.45) is 0. The minimum absolute atomic E-state index is 0.00591. The fraction of sp³-hybridized carbons (Fsp3) is 0.160. The van der Waals surface area contributed by atoms with E-state index in [1.807, 2.05) is 12.1 Å². The van der Waals surface area contributed by atoms with Crippen molar-refractivity contribution in [1.82, 2.24) is 10.9 Å². The zero-order valence-electron chi connectivity index (χ0n) is 18.3. The molecule has 3 rings (SSSR count). The standard InChI is InChI=1S/C25H23Cl2N3O3/c1-25(2,3)17-8-4-15(5-9-17)22(31)28-19-11-6-16(7-12-19)23(32)29-30-24(33)20-13-10-18(26)14-21(20)27/h4-14H,1-3H3,(H,28,31)(H,29,32)(H,30,33). The fourth-order valence-electron chi connectivity index (χ4n) is 2.96. The van der Waals surface area contributed by atoms with Gasteiger partial charge in [-0.3, -0.25) is 25.2 Å². The van der Waals surface area contributed by atoms with Gasteiger partial charge in [0.25, 0.3) is 17.7 Å². The van der Waals surface area contributed by atoms with Crippen molar-refractivity contribution in [2.24, 2.45) is 0 Å². The summed E-state index contributed by atoms with van der Waals surface area (Å²) in [7, 11) is 0. The first-order valence-corrected chi connectivity index (χ1v) is 10.9. The maximum absolute atomic E-state index is 12.5. The number of benzene rings is 3. The molecule has 0 saturated carbocycles. The van der Waals surface area contributed by atoms with Crippen molar-refractivity contribution in [2.75, 3.05) is 5.32 Å². The van der Waals surface area contributed by atoms with Crippen LogP contribution in [0.25, 0.3) is 0 Å². The molecule has 3 aromatic carbocycles. The summed E-state index contributed by atoms with van der Waals surface area (Å²) in [5.41, 5.74) is 7.32. The molecule has 0 fully saturated rings. The lowest BCUT2D eigenvalue weighted by molar-refractivity contribution is 0.0847. The number of carbonyl (C=O) groups is 3. The molecule has 33 heavy (non-hydrogen) atoms. The van der Waals surface area contributed by atoms with E-state index in [0.717, 1.165) is 5.56 Å². The quantitative estimate of drug-likeness (QED) is 0.420. The van der Waals surface area contributed by atoms with E-state index in [1.54, 1.807) is 24.3 Å². The van der Waals surface area contributed by atoms with Crippen LogP contribution in [0.5, 0.6) is 0 Å². The van der Waals surface area contributed by atoms with E-state index < -0.39 is 11.8 Å². The molecular weight excluding hydrogens is 461 g/mol. The smallest absolute Gasteiger partial charge is 0.271 e. The van der Waals surface area contributed by atoms with Gasteiger partial charge in [0.1, 0.15) is 0 Å². The molecule has 3 amide bonds. The highest BCUT2D eigenvalue weighted by molar-refractivity contribution is 6.36. The molecule has 3 aromatic rings. The maximum atomic E-state index is 12.5. The van der Waals surface area contributed by atoms with Crippen molar-refractivity contribution in [1.29, 1.82) is 0 Å². The number of hydrogen-bond donors (Lipinski definition) is 3. The summed E-state index contributed by atoms with van der Waals surface area (Å²) < 4.78 is 0. The van der Waals surface area contributed by atoms with Crippen molar-refractivity contribution in [2.45, 2.75) is 26.2 Å². The first-order valence-electron chi connectivity index (χ1n) is 10.1. The SMILES string of the molecule is CC(C)(C)c1ccc(C(=O)Nc2ccc(C(=O)NNC(=O)c3ccc(Cl)cc3Cl)cc2)cc1. The van der Waals surface area contributed by atoms with E-state index in [2.05, 4.69) is 36.9 Å². The molecule has 0 spiro atoms. The molecule has 0 aliphatic carbocycles. The Balaban J connectivity index is 1.57. The topological polar surface area (TPSA) is 87.3 Å². The summed E-state index contributed by atoms with van der Waals surface area (Å²) in [5, 5.41) is 3.37. The van der Waals surface area contributed by atoms with Gasteiger partial charge in [0, 0.05) is 21.8 Å². The minimum Gasteiger partial charge on any atom is -0.322 e. The van der Waals surface area contributed by atoms with Crippen LogP contribution in [0.4, 0.5) is 5.69 Å². The number of hydrogen-bond acceptors (Lipinski definition) is 3. The van der Waals surface area contributed by atoms with Crippen LogP contribution in [0.1, 0.15) is 57.4 Å². The molecule has 0 aromatic heterocycles. The Morgan fingerprint density at radius 1 is 0.697 bits per heavy atom. The second-order valence-electron chi connectivity index (χ2n) is 8.39. The average Bonchev–Trinajstić information content (AvgIpc) is 2.77. The molecule has 0 bridgehead atoms. The molecule has 0 saturated heterocycles. The van der Waals surface area contributed by atoms with Crippen LogP contribution in [-0.4, -0.2) is 17.7 Å². The fourth-order valence-corrected chi connectivity index (χ4v) is 3.45. The summed E-state index contributed by atoms with van der Waals surface area (Å²) in [5.74, 6) is -1.35. The highest BCUT2D eigenvalue weighted by atomic mass is 35.5. The van der Waals surface area contributed by atoms with Crippen LogP contribution in [-0.2, 0) is 5.41 Å². The Morgan fingerprint density at radius 3 is 1.82 bits per heavy atom. The molecule has 0 aliphatic rings. The van der Waals surface area contributed by atoms with Crippen molar-refractivity contribution >= 4 is 46.6 Å². The predicted octanol–water partition coefficient (Wildman–Crippen LogP) is 5.62. The molecule has 6 nitrogen and oxygen atoms in total. The van der Waals surface area contributed by atoms with Gasteiger partial charge < -0.3 is 5.32 Å². The van der Waals surface area contributed by atoms with E-state index in [1.165, 1.54) is 30.3 Å². The van der Waals surface area contributed by atoms with Crippen LogP contribution in [0.2, 0.25) is 10.0 Å². The van der Waals surface area contributed by atoms with Crippen molar-refractivity contribution in [3.8, 4) is 0 Å². The highest BCUT2D eigenvalue weighted by Gasteiger charge is 2.15. The summed E-state index contributed by atoms with van der Waals surface area (Å²) >= 11 is 11.8. The first kappa shape index (κ1) is 24.3. The van der Waals surface area contributed by atoms with Gasteiger partial charge in [-0.15, -0.1) is 0 Å². The molecule has 3 N–H and O–H groups in total. The highest BCUT2D eigenvalue weighted by Crippen LogP contribution is 2.23. The Labute approximate surface area is 202 Å². The molecule has 0 atom stereocenters.